The van der Waals surface area contributed by atoms with E-state index < -0.39 is 0 Å². The summed E-state index contributed by atoms with van der Waals surface area (Å²) in [6.07, 6.45) is 3.42. The van der Waals surface area contributed by atoms with Gasteiger partial charge in [-0.15, -0.1) is 0 Å². The van der Waals surface area contributed by atoms with E-state index in [1.54, 1.807) is 0 Å². The van der Waals surface area contributed by atoms with Gasteiger partial charge in [0.1, 0.15) is 6.10 Å². The van der Waals surface area contributed by atoms with Gasteiger partial charge in [0.2, 0.25) is 0 Å². The van der Waals surface area contributed by atoms with E-state index in [0.717, 1.165) is 19.3 Å². The summed E-state index contributed by atoms with van der Waals surface area (Å²) in [6.45, 7) is 0.532. The number of hydrogen-bond donors (Lipinski definition) is 0. The SMILES string of the molecule is O=COC1CCCC1Br. The van der Waals surface area contributed by atoms with Crippen LogP contribution in [0.15, 0.2) is 0 Å². The van der Waals surface area contributed by atoms with Crippen LogP contribution >= 0.6 is 15.9 Å². The predicted octanol–water partition coefficient (Wildman–Crippen LogP) is 1.48. The monoisotopic (exact) mass is 192 g/mol. The zero-order valence-electron chi connectivity index (χ0n) is 5.05. The molecule has 0 aliphatic heterocycles. The van der Waals surface area contributed by atoms with E-state index in [1.165, 1.54) is 0 Å². The van der Waals surface area contributed by atoms with Gasteiger partial charge >= 0.3 is 0 Å². The molecule has 0 bridgehead atoms. The first-order valence-electron chi connectivity index (χ1n) is 3.08. The Balaban J connectivity index is 2.30. The van der Waals surface area contributed by atoms with Crippen LogP contribution in [0.3, 0.4) is 0 Å². The maximum Gasteiger partial charge on any atom is 0.293 e. The molecular weight excluding hydrogens is 184 g/mol. The Labute approximate surface area is 62.7 Å². The van der Waals surface area contributed by atoms with E-state index in [9.17, 15) is 4.79 Å². The summed E-state index contributed by atoms with van der Waals surface area (Å²) in [5, 5.41) is 0. The summed E-state index contributed by atoms with van der Waals surface area (Å²) in [6, 6.07) is 0. The first kappa shape index (κ1) is 7.06. The Morgan fingerprint density at radius 2 is 2.33 bits per heavy atom. The highest BCUT2D eigenvalue weighted by molar-refractivity contribution is 9.09. The Morgan fingerprint density at radius 1 is 1.56 bits per heavy atom. The number of ether oxygens (including phenoxy) is 1. The third kappa shape index (κ3) is 1.68. The summed E-state index contributed by atoms with van der Waals surface area (Å²) in [4.78, 5) is 10.3. The fourth-order valence-corrected chi connectivity index (χ4v) is 1.82. The third-order valence-corrected chi connectivity index (χ3v) is 2.65. The van der Waals surface area contributed by atoms with Gasteiger partial charge in [0.15, 0.2) is 0 Å². The molecule has 0 heterocycles. The first-order valence-corrected chi connectivity index (χ1v) is 3.99. The van der Waals surface area contributed by atoms with Gasteiger partial charge in [0.05, 0.1) is 4.83 Å². The minimum absolute atomic E-state index is 0.127. The van der Waals surface area contributed by atoms with Crippen LogP contribution in [-0.4, -0.2) is 17.4 Å². The summed E-state index contributed by atoms with van der Waals surface area (Å²) in [7, 11) is 0. The number of halogens is 1. The van der Waals surface area contributed by atoms with Crippen molar-refractivity contribution in [1.82, 2.24) is 0 Å². The third-order valence-electron chi connectivity index (χ3n) is 1.60. The average Bonchev–Trinajstić information content (AvgIpc) is 2.18. The second-order valence-corrected chi connectivity index (χ2v) is 3.39. The number of carbonyl (C=O) groups excluding carboxylic acids is 1. The van der Waals surface area contributed by atoms with Gasteiger partial charge in [-0.1, -0.05) is 15.9 Å². The van der Waals surface area contributed by atoms with Crippen LogP contribution in [0.1, 0.15) is 19.3 Å². The molecule has 1 fully saturated rings. The van der Waals surface area contributed by atoms with Crippen molar-refractivity contribution < 1.29 is 9.53 Å². The highest BCUT2D eigenvalue weighted by Gasteiger charge is 2.25. The van der Waals surface area contributed by atoms with Gasteiger partial charge in [-0.05, 0) is 19.3 Å². The summed E-state index contributed by atoms with van der Waals surface area (Å²) >= 11 is 3.42. The lowest BCUT2D eigenvalue weighted by Crippen LogP contribution is -2.16. The Bertz CT molecular complexity index is 105. The molecule has 0 aromatic carbocycles. The molecule has 1 aliphatic rings. The fourth-order valence-electron chi connectivity index (χ4n) is 1.11. The number of rotatable bonds is 2. The molecule has 0 radical (unpaired) electrons. The largest absolute Gasteiger partial charge is 0.463 e. The van der Waals surface area contributed by atoms with Crippen molar-refractivity contribution in [2.45, 2.75) is 30.2 Å². The quantitative estimate of drug-likeness (QED) is 0.490. The zero-order valence-corrected chi connectivity index (χ0v) is 6.63. The van der Waals surface area contributed by atoms with Crippen molar-refractivity contribution in [3.63, 3.8) is 0 Å². The molecule has 2 unspecified atom stereocenters. The molecule has 0 saturated heterocycles. The van der Waals surface area contributed by atoms with Crippen molar-refractivity contribution in [2.24, 2.45) is 0 Å². The molecular formula is C6H9BrO2. The van der Waals surface area contributed by atoms with Gasteiger partial charge in [0.25, 0.3) is 6.47 Å². The highest BCUT2D eigenvalue weighted by atomic mass is 79.9. The molecule has 1 rings (SSSR count). The molecule has 2 atom stereocenters. The maximum atomic E-state index is 9.86. The predicted molar refractivity (Wildman–Crippen MR) is 37.5 cm³/mol. The summed E-state index contributed by atoms with van der Waals surface area (Å²) < 4.78 is 4.79. The van der Waals surface area contributed by atoms with Gasteiger partial charge in [0, 0.05) is 0 Å². The number of alkyl halides is 1. The van der Waals surface area contributed by atoms with Crippen molar-refractivity contribution in [1.29, 1.82) is 0 Å². The minimum atomic E-state index is 0.127. The minimum Gasteiger partial charge on any atom is -0.463 e. The molecule has 9 heavy (non-hydrogen) atoms. The molecule has 2 nitrogen and oxygen atoms in total. The smallest absolute Gasteiger partial charge is 0.293 e. The Morgan fingerprint density at radius 3 is 2.78 bits per heavy atom. The Kier molecular flexibility index (Phi) is 2.51. The van der Waals surface area contributed by atoms with Crippen molar-refractivity contribution >= 4 is 22.4 Å². The van der Waals surface area contributed by atoms with Crippen LogP contribution in [-0.2, 0) is 9.53 Å². The van der Waals surface area contributed by atoms with Gasteiger partial charge in [-0.25, -0.2) is 0 Å². The molecule has 52 valence electrons. The molecule has 0 N–H and O–H groups in total. The molecule has 0 amide bonds. The molecule has 0 aromatic rings. The van der Waals surface area contributed by atoms with Gasteiger partial charge in [-0.3, -0.25) is 4.79 Å². The van der Waals surface area contributed by atoms with Crippen LogP contribution in [0, 0.1) is 0 Å². The van der Waals surface area contributed by atoms with E-state index in [1.807, 2.05) is 0 Å². The second-order valence-electron chi connectivity index (χ2n) is 2.22. The van der Waals surface area contributed by atoms with Crippen molar-refractivity contribution in [3.8, 4) is 0 Å². The van der Waals surface area contributed by atoms with Gasteiger partial charge in [-0.2, -0.15) is 0 Å². The molecule has 1 saturated carbocycles. The normalized spacial score (nSPS) is 34.3. The lowest BCUT2D eigenvalue weighted by atomic mass is 10.3. The standard InChI is InChI=1S/C6H9BrO2/c7-5-2-1-3-6(5)9-4-8/h4-6H,1-3H2. The second kappa shape index (κ2) is 3.20. The van der Waals surface area contributed by atoms with Crippen LogP contribution in [0.2, 0.25) is 0 Å². The fraction of sp³-hybridized carbons (Fsp3) is 0.833. The lowest BCUT2D eigenvalue weighted by molar-refractivity contribution is -0.132. The topological polar surface area (TPSA) is 26.3 Å². The average molecular weight is 193 g/mol. The van der Waals surface area contributed by atoms with E-state index in [0.29, 0.717) is 11.3 Å². The van der Waals surface area contributed by atoms with Crippen LogP contribution in [0.5, 0.6) is 0 Å². The van der Waals surface area contributed by atoms with E-state index >= 15 is 0 Å². The first-order chi connectivity index (χ1) is 4.34. The maximum absolute atomic E-state index is 9.86. The van der Waals surface area contributed by atoms with Crippen LogP contribution in [0.25, 0.3) is 0 Å². The number of carbonyl (C=O) groups is 1. The van der Waals surface area contributed by atoms with E-state index in [-0.39, 0.29) is 6.10 Å². The van der Waals surface area contributed by atoms with E-state index in [4.69, 9.17) is 4.74 Å². The summed E-state index contributed by atoms with van der Waals surface area (Å²) in [5.74, 6) is 0. The van der Waals surface area contributed by atoms with Crippen LogP contribution < -0.4 is 0 Å². The molecule has 0 spiro atoms. The molecule has 1 aliphatic carbocycles. The molecule has 0 aromatic heterocycles. The van der Waals surface area contributed by atoms with Crippen molar-refractivity contribution in [3.05, 3.63) is 0 Å². The number of hydrogen-bond acceptors (Lipinski definition) is 2. The van der Waals surface area contributed by atoms with E-state index in [2.05, 4.69) is 15.9 Å². The highest BCUT2D eigenvalue weighted by Crippen LogP contribution is 2.27. The van der Waals surface area contributed by atoms with Crippen molar-refractivity contribution in [2.75, 3.05) is 0 Å². The Hall–Kier alpha value is -0.0500. The summed E-state index contributed by atoms with van der Waals surface area (Å²) in [5.41, 5.74) is 0. The zero-order chi connectivity index (χ0) is 6.69. The van der Waals surface area contributed by atoms with Gasteiger partial charge < -0.3 is 4.74 Å². The van der Waals surface area contributed by atoms with Crippen LogP contribution in [0.4, 0.5) is 0 Å². The molecule has 3 heteroatoms. The lowest BCUT2D eigenvalue weighted by Gasteiger charge is -2.09.